The summed E-state index contributed by atoms with van der Waals surface area (Å²) in [5, 5.41) is 7.40. The highest BCUT2D eigenvalue weighted by atomic mass is 16.2. The van der Waals surface area contributed by atoms with Gasteiger partial charge in [0.05, 0.1) is 11.9 Å². The van der Waals surface area contributed by atoms with Crippen molar-refractivity contribution in [2.24, 2.45) is 0 Å². The van der Waals surface area contributed by atoms with Crippen molar-refractivity contribution >= 4 is 34.1 Å². The van der Waals surface area contributed by atoms with Crippen LogP contribution in [0, 0.1) is 0 Å². The van der Waals surface area contributed by atoms with Gasteiger partial charge in [0.25, 0.3) is 5.91 Å². The number of pyridine rings is 2. The molecular formula is C24H26N8O. The van der Waals surface area contributed by atoms with E-state index in [9.17, 15) is 4.79 Å². The maximum Gasteiger partial charge on any atom is 0.267 e. The fourth-order valence-corrected chi connectivity index (χ4v) is 4.60. The zero-order chi connectivity index (χ0) is 22.4. The molecule has 2 aliphatic rings. The van der Waals surface area contributed by atoms with Crippen LogP contribution in [-0.2, 0) is 6.54 Å². The van der Waals surface area contributed by atoms with E-state index in [0.717, 1.165) is 72.1 Å². The first-order valence-electron chi connectivity index (χ1n) is 11.3. The summed E-state index contributed by atoms with van der Waals surface area (Å²) in [6.07, 6.45) is 7.68. The second-order valence-corrected chi connectivity index (χ2v) is 8.70. The standard InChI is InChI=1S/C24H26N8O/c1-30-6-8-31(9-7-30)22-12-17(2-3-25-22)29-18-11-19-20(14-28-23(19)27-13-18)16-10-21-24(33)26-4-5-32(21)15-16/h2-3,10-15H,4-9H2,1H3,(H,25,29)(H,26,33)(H,27,28). The number of carbonyl (C=O) groups excluding carboxylic acids is 1. The summed E-state index contributed by atoms with van der Waals surface area (Å²) >= 11 is 0. The molecule has 0 aromatic carbocycles. The molecule has 0 aliphatic carbocycles. The molecule has 3 N–H and O–H groups in total. The minimum Gasteiger partial charge on any atom is -0.354 e. The Morgan fingerprint density at radius 3 is 2.76 bits per heavy atom. The van der Waals surface area contributed by atoms with Crippen LogP contribution in [0.3, 0.4) is 0 Å². The quantitative estimate of drug-likeness (QED) is 0.450. The Morgan fingerprint density at radius 2 is 1.91 bits per heavy atom. The number of amides is 1. The van der Waals surface area contributed by atoms with Crippen molar-refractivity contribution in [2.45, 2.75) is 6.54 Å². The molecule has 0 radical (unpaired) electrons. The average molecular weight is 443 g/mol. The summed E-state index contributed by atoms with van der Waals surface area (Å²) in [6.45, 7) is 5.49. The van der Waals surface area contributed by atoms with E-state index >= 15 is 0 Å². The molecule has 4 aromatic heterocycles. The number of likely N-dealkylation sites (N-methyl/N-ethyl adjacent to an activating group) is 1. The molecule has 1 fully saturated rings. The Balaban J connectivity index is 1.28. The highest BCUT2D eigenvalue weighted by Crippen LogP contribution is 2.32. The van der Waals surface area contributed by atoms with Crippen LogP contribution in [0.2, 0.25) is 0 Å². The van der Waals surface area contributed by atoms with Gasteiger partial charge in [0.1, 0.15) is 17.2 Å². The van der Waals surface area contributed by atoms with E-state index in [4.69, 9.17) is 0 Å². The predicted octanol–water partition coefficient (Wildman–Crippen LogP) is 2.67. The molecule has 9 nitrogen and oxygen atoms in total. The molecule has 6 heterocycles. The number of piperazine rings is 1. The van der Waals surface area contributed by atoms with E-state index in [1.165, 1.54) is 0 Å². The number of anilines is 3. The maximum atomic E-state index is 12.2. The summed E-state index contributed by atoms with van der Waals surface area (Å²) in [5.41, 5.74) is 5.43. The van der Waals surface area contributed by atoms with E-state index in [2.05, 4.69) is 54.6 Å². The molecule has 2 aliphatic heterocycles. The van der Waals surface area contributed by atoms with Crippen LogP contribution in [0.15, 0.2) is 49.1 Å². The Bertz CT molecular complexity index is 1330. The highest BCUT2D eigenvalue weighted by Gasteiger charge is 2.20. The number of hydrogen-bond donors (Lipinski definition) is 3. The van der Waals surface area contributed by atoms with Crippen molar-refractivity contribution in [3.05, 3.63) is 54.7 Å². The summed E-state index contributed by atoms with van der Waals surface area (Å²) in [6, 6.07) is 8.11. The molecule has 1 saturated heterocycles. The monoisotopic (exact) mass is 442 g/mol. The molecule has 9 heteroatoms. The predicted molar refractivity (Wildman–Crippen MR) is 129 cm³/mol. The molecule has 0 atom stereocenters. The highest BCUT2D eigenvalue weighted by molar-refractivity contribution is 5.99. The Hall–Kier alpha value is -3.85. The van der Waals surface area contributed by atoms with E-state index in [1.54, 1.807) is 0 Å². The lowest BCUT2D eigenvalue weighted by atomic mass is 10.1. The first kappa shape index (κ1) is 19.8. The molecule has 0 spiro atoms. The van der Waals surface area contributed by atoms with Crippen molar-refractivity contribution < 1.29 is 4.79 Å². The van der Waals surface area contributed by atoms with Crippen molar-refractivity contribution in [1.82, 2.24) is 29.7 Å². The summed E-state index contributed by atoms with van der Waals surface area (Å²) in [5.74, 6) is 0.962. The van der Waals surface area contributed by atoms with Crippen LogP contribution in [-0.4, -0.2) is 70.1 Å². The van der Waals surface area contributed by atoms with Crippen LogP contribution < -0.4 is 15.5 Å². The minimum atomic E-state index is -0.0262. The molecule has 0 bridgehead atoms. The molecule has 168 valence electrons. The third-order valence-corrected chi connectivity index (χ3v) is 6.47. The Morgan fingerprint density at radius 1 is 1.03 bits per heavy atom. The summed E-state index contributed by atoms with van der Waals surface area (Å²) < 4.78 is 2.01. The number of rotatable bonds is 4. The topological polar surface area (TPSA) is 94.1 Å². The van der Waals surface area contributed by atoms with Gasteiger partial charge in [-0.1, -0.05) is 0 Å². The zero-order valence-electron chi connectivity index (χ0n) is 18.5. The number of nitrogens with zero attached hydrogens (tertiary/aromatic N) is 5. The molecule has 4 aromatic rings. The first-order valence-corrected chi connectivity index (χ1v) is 11.3. The normalized spacial score (nSPS) is 16.6. The van der Waals surface area contributed by atoms with Gasteiger partial charge < -0.3 is 30.0 Å². The van der Waals surface area contributed by atoms with E-state index in [-0.39, 0.29) is 5.91 Å². The third-order valence-electron chi connectivity index (χ3n) is 6.47. The van der Waals surface area contributed by atoms with Gasteiger partial charge in [-0.15, -0.1) is 0 Å². The van der Waals surface area contributed by atoms with E-state index in [0.29, 0.717) is 12.2 Å². The van der Waals surface area contributed by atoms with Crippen LogP contribution in [0.1, 0.15) is 10.5 Å². The number of aromatic amines is 1. The first-order chi connectivity index (χ1) is 16.1. The van der Waals surface area contributed by atoms with E-state index in [1.807, 2.05) is 41.5 Å². The van der Waals surface area contributed by atoms with Crippen molar-refractivity contribution in [1.29, 1.82) is 0 Å². The second kappa shape index (κ2) is 7.93. The number of H-pyrrole nitrogens is 1. The van der Waals surface area contributed by atoms with Gasteiger partial charge in [-0.05, 0) is 25.2 Å². The van der Waals surface area contributed by atoms with Gasteiger partial charge >= 0.3 is 0 Å². The summed E-state index contributed by atoms with van der Waals surface area (Å²) in [7, 11) is 2.15. The fraction of sp³-hybridized carbons (Fsp3) is 0.292. The van der Waals surface area contributed by atoms with Crippen molar-refractivity contribution in [2.75, 3.05) is 50.0 Å². The number of hydrogen-bond acceptors (Lipinski definition) is 6. The third kappa shape index (κ3) is 3.70. The Kier molecular flexibility index (Phi) is 4.76. The average Bonchev–Trinajstić information content (AvgIpc) is 3.44. The lowest BCUT2D eigenvalue weighted by Crippen LogP contribution is -2.44. The molecular weight excluding hydrogens is 416 g/mol. The molecule has 6 rings (SSSR count). The van der Waals surface area contributed by atoms with Gasteiger partial charge in [-0.25, -0.2) is 9.97 Å². The van der Waals surface area contributed by atoms with Crippen molar-refractivity contribution in [3.8, 4) is 11.1 Å². The van der Waals surface area contributed by atoms with Gasteiger partial charge in [0, 0.05) is 86.1 Å². The van der Waals surface area contributed by atoms with Gasteiger partial charge in [0.15, 0.2) is 0 Å². The molecule has 0 saturated carbocycles. The van der Waals surface area contributed by atoms with Crippen LogP contribution in [0.5, 0.6) is 0 Å². The number of aromatic nitrogens is 4. The van der Waals surface area contributed by atoms with Gasteiger partial charge in [0.2, 0.25) is 0 Å². The maximum absolute atomic E-state index is 12.2. The van der Waals surface area contributed by atoms with Gasteiger partial charge in [-0.2, -0.15) is 0 Å². The van der Waals surface area contributed by atoms with Crippen molar-refractivity contribution in [3.63, 3.8) is 0 Å². The Labute approximate surface area is 191 Å². The lowest BCUT2D eigenvalue weighted by Gasteiger charge is -2.33. The smallest absolute Gasteiger partial charge is 0.267 e. The molecule has 1 amide bonds. The largest absolute Gasteiger partial charge is 0.354 e. The zero-order valence-corrected chi connectivity index (χ0v) is 18.5. The summed E-state index contributed by atoms with van der Waals surface area (Å²) in [4.78, 5) is 29.3. The minimum absolute atomic E-state index is 0.0262. The van der Waals surface area contributed by atoms with Gasteiger partial charge in [-0.3, -0.25) is 4.79 Å². The lowest BCUT2D eigenvalue weighted by molar-refractivity contribution is 0.0928. The number of carbonyl (C=O) groups is 1. The van der Waals surface area contributed by atoms with Crippen LogP contribution in [0.4, 0.5) is 17.2 Å². The van der Waals surface area contributed by atoms with Crippen LogP contribution >= 0.6 is 0 Å². The SMILES string of the molecule is CN1CCN(c2cc(Nc3cnc4[nH]cc(-c5cc6n(c5)CCNC6=O)c4c3)ccn2)CC1. The van der Waals surface area contributed by atoms with E-state index < -0.39 is 0 Å². The molecule has 33 heavy (non-hydrogen) atoms. The number of fused-ring (bicyclic) bond motifs is 2. The number of nitrogens with one attached hydrogen (secondary N) is 3. The van der Waals surface area contributed by atoms with Crippen LogP contribution in [0.25, 0.3) is 22.2 Å². The fourth-order valence-electron chi connectivity index (χ4n) is 4.60. The second-order valence-electron chi connectivity index (χ2n) is 8.70. The molecule has 0 unspecified atom stereocenters.